The van der Waals surface area contributed by atoms with E-state index in [1.165, 1.54) is 19.2 Å². The fourth-order valence-corrected chi connectivity index (χ4v) is 3.00. The van der Waals surface area contributed by atoms with Crippen molar-refractivity contribution in [2.24, 2.45) is 0 Å². The molecule has 142 valence electrons. The summed E-state index contributed by atoms with van der Waals surface area (Å²) in [5, 5.41) is 2.66. The van der Waals surface area contributed by atoms with E-state index in [2.05, 4.69) is 10.2 Å². The predicted octanol–water partition coefficient (Wildman–Crippen LogP) is 1.91. The number of nitrogens with one attached hydrogen (secondary N) is 1. The summed E-state index contributed by atoms with van der Waals surface area (Å²) in [5.74, 6) is -0.109. The van der Waals surface area contributed by atoms with E-state index >= 15 is 0 Å². The van der Waals surface area contributed by atoms with Crippen molar-refractivity contribution in [2.45, 2.75) is 0 Å². The van der Waals surface area contributed by atoms with Gasteiger partial charge in [-0.25, -0.2) is 4.39 Å². The number of halogens is 1. The number of piperazine rings is 1. The number of rotatable bonds is 5. The van der Waals surface area contributed by atoms with Gasteiger partial charge in [-0.2, -0.15) is 0 Å². The molecule has 0 spiro atoms. The zero-order valence-electron chi connectivity index (χ0n) is 15.2. The SMILES string of the molecule is COc1cccc(C(=O)NCC(=O)N2CCN(c3ccc(F)cc3)CC2)c1. The summed E-state index contributed by atoms with van der Waals surface area (Å²) in [4.78, 5) is 28.4. The Morgan fingerprint density at radius 2 is 1.78 bits per heavy atom. The zero-order chi connectivity index (χ0) is 19.2. The van der Waals surface area contributed by atoms with Gasteiger partial charge in [0.2, 0.25) is 5.91 Å². The number of hydrogen-bond donors (Lipinski definition) is 1. The molecule has 0 aliphatic carbocycles. The molecule has 0 radical (unpaired) electrons. The molecule has 0 aromatic heterocycles. The Kier molecular flexibility index (Phi) is 5.90. The molecule has 1 aliphatic heterocycles. The number of hydrogen-bond acceptors (Lipinski definition) is 4. The molecular formula is C20H22FN3O3. The van der Waals surface area contributed by atoms with Crippen LogP contribution in [0.15, 0.2) is 48.5 Å². The van der Waals surface area contributed by atoms with E-state index < -0.39 is 0 Å². The van der Waals surface area contributed by atoms with Crippen molar-refractivity contribution in [3.8, 4) is 5.75 Å². The van der Waals surface area contributed by atoms with Crippen molar-refractivity contribution >= 4 is 17.5 Å². The highest BCUT2D eigenvalue weighted by Gasteiger charge is 2.21. The lowest BCUT2D eigenvalue weighted by Crippen LogP contribution is -2.51. The minimum atomic E-state index is -0.313. The van der Waals surface area contributed by atoms with E-state index in [0.29, 0.717) is 37.5 Å². The Bertz CT molecular complexity index is 802. The molecule has 1 N–H and O–H groups in total. The third-order valence-electron chi connectivity index (χ3n) is 4.56. The predicted molar refractivity (Wildman–Crippen MR) is 101 cm³/mol. The zero-order valence-corrected chi connectivity index (χ0v) is 15.2. The van der Waals surface area contributed by atoms with E-state index in [0.717, 1.165) is 5.69 Å². The average Bonchev–Trinajstić information content (AvgIpc) is 2.72. The van der Waals surface area contributed by atoms with Crippen LogP contribution in [-0.2, 0) is 4.79 Å². The fraction of sp³-hybridized carbons (Fsp3) is 0.300. The highest BCUT2D eigenvalue weighted by molar-refractivity contribution is 5.96. The second kappa shape index (κ2) is 8.53. The van der Waals surface area contributed by atoms with Crippen molar-refractivity contribution in [1.82, 2.24) is 10.2 Å². The maximum atomic E-state index is 13.0. The largest absolute Gasteiger partial charge is 0.497 e. The van der Waals surface area contributed by atoms with Crippen molar-refractivity contribution in [2.75, 3.05) is 44.7 Å². The number of carbonyl (C=O) groups excluding carboxylic acids is 2. The molecule has 7 heteroatoms. The van der Waals surface area contributed by atoms with Crippen LogP contribution >= 0.6 is 0 Å². The van der Waals surface area contributed by atoms with Crippen LogP contribution in [0.25, 0.3) is 0 Å². The van der Waals surface area contributed by atoms with Crippen LogP contribution in [0, 0.1) is 5.82 Å². The lowest BCUT2D eigenvalue weighted by atomic mass is 10.2. The summed E-state index contributed by atoms with van der Waals surface area (Å²) >= 11 is 0. The fourth-order valence-electron chi connectivity index (χ4n) is 3.00. The van der Waals surface area contributed by atoms with Crippen molar-refractivity contribution < 1.29 is 18.7 Å². The highest BCUT2D eigenvalue weighted by Crippen LogP contribution is 2.17. The Morgan fingerprint density at radius 1 is 1.07 bits per heavy atom. The first kappa shape index (κ1) is 18.7. The first-order valence-corrected chi connectivity index (χ1v) is 8.77. The average molecular weight is 371 g/mol. The van der Waals surface area contributed by atoms with Gasteiger partial charge in [-0.1, -0.05) is 6.07 Å². The van der Waals surface area contributed by atoms with Crippen LogP contribution < -0.4 is 15.0 Å². The second-order valence-electron chi connectivity index (χ2n) is 6.26. The van der Waals surface area contributed by atoms with Gasteiger partial charge in [0.25, 0.3) is 5.91 Å². The molecule has 1 heterocycles. The number of ether oxygens (including phenoxy) is 1. The third kappa shape index (κ3) is 4.75. The summed E-state index contributed by atoms with van der Waals surface area (Å²) < 4.78 is 18.1. The molecule has 0 atom stereocenters. The van der Waals surface area contributed by atoms with Gasteiger partial charge in [0.15, 0.2) is 0 Å². The molecule has 27 heavy (non-hydrogen) atoms. The molecular weight excluding hydrogens is 349 g/mol. The van der Waals surface area contributed by atoms with Gasteiger partial charge < -0.3 is 19.9 Å². The van der Waals surface area contributed by atoms with Gasteiger partial charge in [0.1, 0.15) is 11.6 Å². The minimum Gasteiger partial charge on any atom is -0.497 e. The number of anilines is 1. The van der Waals surface area contributed by atoms with Crippen LogP contribution in [0.1, 0.15) is 10.4 Å². The number of carbonyl (C=O) groups is 2. The molecule has 0 unspecified atom stereocenters. The second-order valence-corrected chi connectivity index (χ2v) is 6.26. The Labute approximate surface area is 157 Å². The summed E-state index contributed by atoms with van der Waals surface area (Å²) in [6.45, 7) is 2.41. The summed E-state index contributed by atoms with van der Waals surface area (Å²) in [6, 6.07) is 13.1. The number of amides is 2. The summed E-state index contributed by atoms with van der Waals surface area (Å²) in [6.07, 6.45) is 0. The number of benzene rings is 2. The topological polar surface area (TPSA) is 61.9 Å². The van der Waals surface area contributed by atoms with Gasteiger partial charge in [-0.3, -0.25) is 9.59 Å². The van der Waals surface area contributed by atoms with Gasteiger partial charge in [0, 0.05) is 37.4 Å². The molecule has 6 nitrogen and oxygen atoms in total. The van der Waals surface area contributed by atoms with Crippen molar-refractivity contribution in [1.29, 1.82) is 0 Å². The molecule has 2 amide bonds. The van der Waals surface area contributed by atoms with E-state index in [1.807, 2.05) is 0 Å². The smallest absolute Gasteiger partial charge is 0.251 e. The maximum absolute atomic E-state index is 13.0. The van der Waals surface area contributed by atoms with Gasteiger partial charge in [0.05, 0.1) is 13.7 Å². The van der Waals surface area contributed by atoms with E-state index in [-0.39, 0.29) is 24.2 Å². The van der Waals surface area contributed by atoms with Gasteiger partial charge in [-0.05, 0) is 42.5 Å². The summed E-state index contributed by atoms with van der Waals surface area (Å²) in [5.41, 5.74) is 1.39. The van der Waals surface area contributed by atoms with Crippen LogP contribution in [0.5, 0.6) is 5.75 Å². The molecule has 2 aromatic carbocycles. The van der Waals surface area contributed by atoms with Crippen molar-refractivity contribution in [3.05, 3.63) is 59.9 Å². The molecule has 1 aliphatic rings. The normalized spacial score (nSPS) is 14.0. The number of methoxy groups -OCH3 is 1. The summed E-state index contributed by atoms with van der Waals surface area (Å²) in [7, 11) is 1.53. The Balaban J connectivity index is 1.48. The Morgan fingerprint density at radius 3 is 2.44 bits per heavy atom. The lowest BCUT2D eigenvalue weighted by molar-refractivity contribution is -0.130. The van der Waals surface area contributed by atoms with Crippen LogP contribution in [-0.4, -0.2) is 56.5 Å². The Hall–Kier alpha value is -3.09. The van der Waals surface area contributed by atoms with Crippen LogP contribution in [0.2, 0.25) is 0 Å². The molecule has 1 fully saturated rings. The standard InChI is InChI=1S/C20H22FN3O3/c1-27-18-4-2-3-15(13-18)20(26)22-14-19(25)24-11-9-23(10-12-24)17-7-5-16(21)6-8-17/h2-8,13H,9-12,14H2,1H3,(H,22,26). The first-order chi connectivity index (χ1) is 13.1. The van der Waals surface area contributed by atoms with Gasteiger partial charge >= 0.3 is 0 Å². The maximum Gasteiger partial charge on any atom is 0.251 e. The van der Waals surface area contributed by atoms with E-state index in [9.17, 15) is 14.0 Å². The minimum absolute atomic E-state index is 0.0490. The molecule has 2 aromatic rings. The monoisotopic (exact) mass is 371 g/mol. The lowest BCUT2D eigenvalue weighted by Gasteiger charge is -2.36. The molecule has 0 saturated carbocycles. The quantitative estimate of drug-likeness (QED) is 0.872. The van der Waals surface area contributed by atoms with E-state index in [1.54, 1.807) is 41.3 Å². The number of nitrogens with zero attached hydrogens (tertiary/aromatic N) is 2. The third-order valence-corrected chi connectivity index (χ3v) is 4.56. The van der Waals surface area contributed by atoms with Crippen LogP contribution in [0.4, 0.5) is 10.1 Å². The van der Waals surface area contributed by atoms with E-state index in [4.69, 9.17) is 4.74 Å². The van der Waals surface area contributed by atoms with Crippen LogP contribution in [0.3, 0.4) is 0 Å². The first-order valence-electron chi connectivity index (χ1n) is 8.77. The highest BCUT2D eigenvalue weighted by atomic mass is 19.1. The van der Waals surface area contributed by atoms with Gasteiger partial charge in [-0.15, -0.1) is 0 Å². The molecule has 0 bridgehead atoms. The molecule has 1 saturated heterocycles. The van der Waals surface area contributed by atoms with Crippen molar-refractivity contribution in [3.63, 3.8) is 0 Å². The molecule has 3 rings (SSSR count).